The van der Waals surface area contributed by atoms with Crippen molar-refractivity contribution >= 4 is 17.7 Å². The molecule has 3 aromatic rings. The average Bonchev–Trinajstić information content (AvgIpc) is 2.83. The van der Waals surface area contributed by atoms with Gasteiger partial charge in [0.1, 0.15) is 11.6 Å². The van der Waals surface area contributed by atoms with E-state index < -0.39 is 12.1 Å². The molecule has 0 aromatic heterocycles. The number of carbonyl (C=O) groups excluding carboxylic acids is 1. The van der Waals surface area contributed by atoms with E-state index >= 15 is 0 Å². The molecule has 7 nitrogen and oxygen atoms in total. The minimum Gasteiger partial charge on any atom is -0.508 e. The fourth-order valence-corrected chi connectivity index (χ4v) is 2.98. The summed E-state index contributed by atoms with van der Waals surface area (Å²) in [7, 11) is 0. The summed E-state index contributed by atoms with van der Waals surface area (Å²) >= 11 is 0. The first-order chi connectivity index (χ1) is 16.5. The maximum absolute atomic E-state index is 12.3. The second-order valence-electron chi connectivity index (χ2n) is 7.36. The lowest BCUT2D eigenvalue weighted by atomic mass is 10.0. The van der Waals surface area contributed by atoms with Crippen molar-refractivity contribution in [2.45, 2.75) is 19.0 Å². The molecule has 0 bridgehead atoms. The van der Waals surface area contributed by atoms with E-state index in [1.807, 2.05) is 54.6 Å². The predicted octanol–water partition coefficient (Wildman–Crippen LogP) is 4.34. The Balaban J connectivity index is 0.000000540. The minimum atomic E-state index is -5.08. The van der Waals surface area contributed by atoms with Crippen LogP contribution in [0.2, 0.25) is 0 Å². The third kappa shape index (κ3) is 8.50. The molecule has 0 spiro atoms. The summed E-state index contributed by atoms with van der Waals surface area (Å²) < 4.78 is 31.7. The lowest BCUT2D eigenvalue weighted by Crippen LogP contribution is -2.24. The number of carbonyl (C=O) groups is 2. The van der Waals surface area contributed by atoms with Crippen LogP contribution in [0.3, 0.4) is 0 Å². The number of aryl methyl sites for hydroxylation is 1. The summed E-state index contributed by atoms with van der Waals surface area (Å²) in [4.78, 5) is 21.2. The molecule has 3 rings (SSSR count). The van der Waals surface area contributed by atoms with Crippen molar-refractivity contribution in [2.75, 3.05) is 6.54 Å². The second kappa shape index (κ2) is 12.2. The topological polar surface area (TPSA) is 136 Å². The van der Waals surface area contributed by atoms with Gasteiger partial charge in [-0.3, -0.25) is 10.2 Å². The Labute approximate surface area is 199 Å². The molecule has 6 N–H and O–H groups in total. The van der Waals surface area contributed by atoms with E-state index in [0.29, 0.717) is 36.1 Å². The van der Waals surface area contributed by atoms with Crippen molar-refractivity contribution in [2.24, 2.45) is 5.73 Å². The number of phenolic OH excluding ortho intramolecular Hbond substituents is 1. The van der Waals surface area contributed by atoms with Crippen LogP contribution in [-0.2, 0) is 11.2 Å². The number of halogens is 3. The quantitative estimate of drug-likeness (QED) is 0.192. The van der Waals surface area contributed by atoms with Gasteiger partial charge in [-0.1, -0.05) is 42.5 Å². The molecular weight excluding hydrogens is 463 g/mol. The number of carboxylic acid groups (broad SMARTS) is 1. The number of aliphatic carboxylic acids is 1. The van der Waals surface area contributed by atoms with Crippen LogP contribution in [0.1, 0.15) is 27.9 Å². The lowest BCUT2D eigenvalue weighted by Gasteiger charge is -2.09. The van der Waals surface area contributed by atoms with E-state index in [-0.39, 0.29) is 17.5 Å². The number of aromatic hydroxyl groups is 1. The molecule has 184 valence electrons. The van der Waals surface area contributed by atoms with Gasteiger partial charge in [0.15, 0.2) is 0 Å². The summed E-state index contributed by atoms with van der Waals surface area (Å²) in [5.74, 6) is -2.74. The summed E-state index contributed by atoms with van der Waals surface area (Å²) in [5.41, 5.74) is 9.57. The zero-order valence-electron chi connectivity index (χ0n) is 18.5. The molecule has 1 amide bonds. The fraction of sp³-hybridized carbons (Fsp3) is 0.160. The summed E-state index contributed by atoms with van der Waals surface area (Å²) in [6.07, 6.45) is -3.83. The zero-order valence-corrected chi connectivity index (χ0v) is 18.5. The summed E-state index contributed by atoms with van der Waals surface area (Å²) in [6.45, 7) is 0.489. The van der Waals surface area contributed by atoms with Crippen LogP contribution >= 0.6 is 0 Å². The fourth-order valence-electron chi connectivity index (χ4n) is 2.98. The number of amides is 1. The van der Waals surface area contributed by atoms with Gasteiger partial charge in [-0.15, -0.1) is 0 Å². The maximum atomic E-state index is 12.3. The molecule has 10 heteroatoms. The predicted molar refractivity (Wildman–Crippen MR) is 125 cm³/mol. The standard InChI is InChI=1S/C23H23N3O2.C2HF3O2/c24-22(25)20-12-13-21(27)19(15-20)7-4-14-26-23(28)18-10-8-17(9-11-18)16-5-2-1-3-6-16;3-2(4,5)1(6)7/h1-3,5-6,8-13,15,27H,4,7,14H2,(H3,24,25)(H,26,28);(H,6,7). The highest BCUT2D eigenvalue weighted by Crippen LogP contribution is 2.21. The molecule has 0 aliphatic rings. The lowest BCUT2D eigenvalue weighted by molar-refractivity contribution is -0.192. The van der Waals surface area contributed by atoms with Gasteiger partial charge in [-0.2, -0.15) is 13.2 Å². The maximum Gasteiger partial charge on any atom is 0.490 e. The minimum absolute atomic E-state index is 0.0338. The zero-order chi connectivity index (χ0) is 26.0. The number of hydrogen-bond donors (Lipinski definition) is 5. The Morgan fingerprint density at radius 2 is 1.46 bits per heavy atom. The Morgan fingerprint density at radius 1 is 0.914 bits per heavy atom. The van der Waals surface area contributed by atoms with E-state index in [4.69, 9.17) is 21.0 Å². The Bertz CT molecular complexity index is 1160. The number of rotatable bonds is 7. The normalized spacial score (nSPS) is 10.6. The summed E-state index contributed by atoms with van der Waals surface area (Å²) in [5, 5.41) is 27.4. The van der Waals surface area contributed by atoms with Crippen LogP contribution in [0.15, 0.2) is 72.8 Å². The van der Waals surface area contributed by atoms with Crippen molar-refractivity contribution in [3.8, 4) is 16.9 Å². The Hall–Kier alpha value is -4.34. The number of nitrogens with one attached hydrogen (secondary N) is 2. The van der Waals surface area contributed by atoms with Gasteiger partial charge in [0.25, 0.3) is 5.91 Å². The molecule has 35 heavy (non-hydrogen) atoms. The molecule has 0 saturated carbocycles. The third-order valence-electron chi connectivity index (χ3n) is 4.80. The molecule has 0 saturated heterocycles. The smallest absolute Gasteiger partial charge is 0.490 e. The van der Waals surface area contributed by atoms with E-state index in [9.17, 15) is 23.1 Å². The number of amidine groups is 1. The van der Waals surface area contributed by atoms with Crippen molar-refractivity contribution in [1.29, 1.82) is 5.41 Å². The van der Waals surface area contributed by atoms with Crippen LogP contribution in [0, 0.1) is 5.41 Å². The van der Waals surface area contributed by atoms with Crippen LogP contribution in [0.25, 0.3) is 11.1 Å². The van der Waals surface area contributed by atoms with Crippen LogP contribution < -0.4 is 11.1 Å². The van der Waals surface area contributed by atoms with Gasteiger partial charge in [-0.25, -0.2) is 4.79 Å². The molecule has 0 aliphatic carbocycles. The summed E-state index contributed by atoms with van der Waals surface area (Å²) in [6, 6.07) is 22.4. The molecule has 0 atom stereocenters. The number of nitrogens with two attached hydrogens (primary N) is 1. The highest BCUT2D eigenvalue weighted by atomic mass is 19.4. The van der Waals surface area contributed by atoms with Crippen molar-refractivity contribution < 1.29 is 33.0 Å². The van der Waals surface area contributed by atoms with Crippen LogP contribution in [-0.4, -0.2) is 40.6 Å². The van der Waals surface area contributed by atoms with E-state index in [1.54, 1.807) is 18.2 Å². The average molecular weight is 487 g/mol. The third-order valence-corrected chi connectivity index (χ3v) is 4.80. The number of phenols is 1. The van der Waals surface area contributed by atoms with Crippen molar-refractivity contribution in [1.82, 2.24) is 5.32 Å². The van der Waals surface area contributed by atoms with Crippen molar-refractivity contribution in [3.63, 3.8) is 0 Å². The first kappa shape index (κ1) is 26.9. The van der Waals surface area contributed by atoms with E-state index in [0.717, 1.165) is 11.1 Å². The number of benzene rings is 3. The number of hydrogen-bond acceptors (Lipinski definition) is 4. The van der Waals surface area contributed by atoms with Crippen LogP contribution in [0.4, 0.5) is 13.2 Å². The largest absolute Gasteiger partial charge is 0.508 e. The van der Waals surface area contributed by atoms with Gasteiger partial charge in [0.2, 0.25) is 0 Å². The number of carboxylic acids is 1. The van der Waals surface area contributed by atoms with Crippen LogP contribution in [0.5, 0.6) is 5.75 Å². The molecule has 0 aliphatic heterocycles. The SMILES string of the molecule is N=C(N)c1ccc(O)c(CCCNC(=O)c2ccc(-c3ccccc3)cc2)c1.O=C(O)C(F)(F)F. The molecule has 0 unspecified atom stereocenters. The monoisotopic (exact) mass is 487 g/mol. The molecule has 0 radical (unpaired) electrons. The first-order valence-electron chi connectivity index (χ1n) is 10.4. The Morgan fingerprint density at radius 3 is 2.00 bits per heavy atom. The molecule has 0 fully saturated rings. The van der Waals surface area contributed by atoms with Gasteiger partial charge in [0.05, 0.1) is 0 Å². The molecular formula is C25H24F3N3O4. The van der Waals surface area contributed by atoms with Crippen molar-refractivity contribution in [3.05, 3.63) is 89.5 Å². The van der Waals surface area contributed by atoms with E-state index in [1.165, 1.54) is 0 Å². The Kier molecular flexibility index (Phi) is 9.39. The second-order valence-corrected chi connectivity index (χ2v) is 7.36. The highest BCUT2D eigenvalue weighted by Gasteiger charge is 2.38. The van der Waals surface area contributed by atoms with Gasteiger partial charge in [-0.05, 0) is 59.9 Å². The van der Waals surface area contributed by atoms with E-state index in [2.05, 4.69) is 5.32 Å². The molecule has 0 heterocycles. The first-order valence-corrected chi connectivity index (χ1v) is 10.4. The number of alkyl halides is 3. The van der Waals surface area contributed by atoms with Gasteiger partial charge >= 0.3 is 12.1 Å². The van der Waals surface area contributed by atoms with Gasteiger partial charge in [0, 0.05) is 17.7 Å². The highest BCUT2D eigenvalue weighted by molar-refractivity contribution is 5.95. The van der Waals surface area contributed by atoms with Gasteiger partial charge < -0.3 is 21.3 Å². The number of nitrogen functional groups attached to an aromatic ring is 1. The molecule has 3 aromatic carbocycles.